The van der Waals surface area contributed by atoms with E-state index in [9.17, 15) is 13.6 Å². The summed E-state index contributed by atoms with van der Waals surface area (Å²) in [6.45, 7) is 3.33. The number of halogens is 2. The molecule has 7 nitrogen and oxygen atoms in total. The van der Waals surface area contributed by atoms with Gasteiger partial charge >= 0.3 is 6.61 Å². The molecule has 142 valence electrons. The maximum atomic E-state index is 12.1. The summed E-state index contributed by atoms with van der Waals surface area (Å²) >= 11 is 1.19. The predicted octanol–water partition coefficient (Wildman–Crippen LogP) is 2.30. The minimum Gasteiger partial charge on any atom is -0.435 e. The maximum absolute atomic E-state index is 12.1. The molecule has 3 N–H and O–H groups in total. The molecule has 0 saturated carbocycles. The van der Waals surface area contributed by atoms with E-state index in [-0.39, 0.29) is 29.4 Å². The van der Waals surface area contributed by atoms with Crippen molar-refractivity contribution in [2.75, 3.05) is 11.6 Å². The van der Waals surface area contributed by atoms with Crippen molar-refractivity contribution in [1.82, 2.24) is 20.2 Å². The highest BCUT2D eigenvalue weighted by atomic mass is 32.2. The lowest BCUT2D eigenvalue weighted by atomic mass is 9.96. The summed E-state index contributed by atoms with van der Waals surface area (Å²) in [6, 6.07) is 6.06. The first-order valence-corrected chi connectivity index (χ1v) is 8.79. The maximum Gasteiger partial charge on any atom is 0.387 e. The first-order valence-electron chi connectivity index (χ1n) is 7.81. The minimum absolute atomic E-state index is 0.0718. The van der Waals surface area contributed by atoms with Gasteiger partial charge in [0.05, 0.1) is 5.75 Å². The van der Waals surface area contributed by atoms with Gasteiger partial charge in [0.15, 0.2) is 5.82 Å². The van der Waals surface area contributed by atoms with Crippen molar-refractivity contribution in [2.24, 2.45) is 0 Å². The number of alkyl halides is 2. The highest BCUT2D eigenvalue weighted by Crippen LogP contribution is 2.23. The number of nitrogens with zero attached hydrogens (tertiary/aromatic N) is 3. The Kier molecular flexibility index (Phi) is 6.41. The molecule has 0 atom stereocenters. The fraction of sp³-hybridized carbons (Fsp3) is 0.438. The molecule has 0 saturated heterocycles. The zero-order valence-corrected chi connectivity index (χ0v) is 15.5. The molecular weight excluding hydrogens is 364 g/mol. The van der Waals surface area contributed by atoms with E-state index >= 15 is 0 Å². The third-order valence-electron chi connectivity index (χ3n) is 3.31. The summed E-state index contributed by atoms with van der Waals surface area (Å²) < 4.78 is 29.8. The van der Waals surface area contributed by atoms with Gasteiger partial charge in [0.2, 0.25) is 11.1 Å². The van der Waals surface area contributed by atoms with Gasteiger partial charge in [-0.05, 0) is 17.7 Å². The molecule has 2 rings (SSSR count). The number of nitrogens with two attached hydrogens (primary N) is 1. The summed E-state index contributed by atoms with van der Waals surface area (Å²) in [4.78, 5) is 12.0. The van der Waals surface area contributed by atoms with Gasteiger partial charge in [-0.2, -0.15) is 8.78 Å². The molecule has 2 aromatic rings. The lowest BCUT2D eigenvalue weighted by molar-refractivity contribution is -0.118. The van der Waals surface area contributed by atoms with E-state index in [1.165, 1.54) is 28.6 Å². The molecule has 1 aromatic carbocycles. The molecule has 26 heavy (non-hydrogen) atoms. The molecule has 1 aromatic heterocycles. The van der Waals surface area contributed by atoms with Gasteiger partial charge in [-0.3, -0.25) is 4.79 Å². The molecule has 0 fully saturated rings. The monoisotopic (exact) mass is 385 g/mol. The largest absolute Gasteiger partial charge is 0.435 e. The molecule has 1 heterocycles. The number of hydrogen-bond acceptors (Lipinski definition) is 6. The molecule has 1 amide bonds. The normalized spacial score (nSPS) is 11.6. The number of ether oxygens (including phenoxy) is 1. The van der Waals surface area contributed by atoms with Crippen molar-refractivity contribution in [1.29, 1.82) is 0 Å². The fourth-order valence-electron chi connectivity index (χ4n) is 2.06. The van der Waals surface area contributed by atoms with E-state index in [0.717, 1.165) is 5.56 Å². The van der Waals surface area contributed by atoms with E-state index in [0.29, 0.717) is 11.0 Å². The second kappa shape index (κ2) is 8.35. The Balaban J connectivity index is 1.82. The fourth-order valence-corrected chi connectivity index (χ4v) is 2.74. The minimum atomic E-state index is -2.86. The topological polar surface area (TPSA) is 95.1 Å². The van der Waals surface area contributed by atoms with Gasteiger partial charge in [0, 0.05) is 12.0 Å². The summed E-state index contributed by atoms with van der Waals surface area (Å²) in [5, 5.41) is 11.3. The van der Waals surface area contributed by atoms with Crippen LogP contribution in [0, 0.1) is 0 Å². The Morgan fingerprint density at radius 2 is 1.96 bits per heavy atom. The molecule has 0 aliphatic rings. The van der Waals surface area contributed by atoms with Crippen molar-refractivity contribution in [2.45, 2.75) is 44.5 Å². The third kappa shape index (κ3) is 5.58. The van der Waals surface area contributed by atoms with Gasteiger partial charge in [-0.25, -0.2) is 4.68 Å². The number of thioether (sulfide) groups is 1. The average molecular weight is 385 g/mol. The number of rotatable bonds is 7. The number of nitrogen functional groups attached to an aromatic ring is 1. The smallest absolute Gasteiger partial charge is 0.387 e. The Labute approximate surface area is 154 Å². The molecule has 0 radical (unpaired) electrons. The molecule has 0 unspecified atom stereocenters. The van der Waals surface area contributed by atoms with E-state index in [2.05, 4.69) is 20.3 Å². The number of amides is 1. The van der Waals surface area contributed by atoms with E-state index in [1.54, 1.807) is 12.1 Å². The van der Waals surface area contributed by atoms with Crippen LogP contribution < -0.4 is 15.9 Å². The van der Waals surface area contributed by atoms with Crippen LogP contribution in [0.4, 0.5) is 8.78 Å². The van der Waals surface area contributed by atoms with Crippen LogP contribution in [0.25, 0.3) is 0 Å². The van der Waals surface area contributed by atoms with Crippen LogP contribution in [0.5, 0.6) is 5.75 Å². The van der Waals surface area contributed by atoms with Gasteiger partial charge in [-0.1, -0.05) is 44.7 Å². The quantitative estimate of drug-likeness (QED) is 0.561. The van der Waals surface area contributed by atoms with E-state index < -0.39 is 6.61 Å². The Morgan fingerprint density at radius 1 is 1.31 bits per heavy atom. The highest BCUT2D eigenvalue weighted by molar-refractivity contribution is 7.99. The van der Waals surface area contributed by atoms with E-state index in [1.807, 2.05) is 20.8 Å². The van der Waals surface area contributed by atoms with Crippen LogP contribution in [0.2, 0.25) is 0 Å². The Bertz CT molecular complexity index is 744. The van der Waals surface area contributed by atoms with Crippen LogP contribution in [-0.2, 0) is 16.8 Å². The molecule has 0 aliphatic carbocycles. The average Bonchev–Trinajstić information content (AvgIpc) is 2.92. The number of benzene rings is 1. The van der Waals surface area contributed by atoms with Crippen LogP contribution in [0.3, 0.4) is 0 Å². The van der Waals surface area contributed by atoms with Gasteiger partial charge in [0.25, 0.3) is 0 Å². The first-order chi connectivity index (χ1) is 12.2. The summed E-state index contributed by atoms with van der Waals surface area (Å²) in [5.74, 6) is 6.59. The van der Waals surface area contributed by atoms with Crippen molar-refractivity contribution in [3.8, 4) is 5.75 Å². The number of aromatic nitrogens is 3. The van der Waals surface area contributed by atoms with Crippen LogP contribution in [0.15, 0.2) is 29.4 Å². The van der Waals surface area contributed by atoms with Gasteiger partial charge in [0.1, 0.15) is 5.75 Å². The second-order valence-corrected chi connectivity index (χ2v) is 7.46. The molecule has 0 aliphatic heterocycles. The summed E-state index contributed by atoms with van der Waals surface area (Å²) in [7, 11) is 0. The lowest BCUT2D eigenvalue weighted by Crippen LogP contribution is -2.26. The summed E-state index contributed by atoms with van der Waals surface area (Å²) in [5.41, 5.74) is 0.519. The first kappa shape index (κ1) is 20.0. The Hall–Kier alpha value is -2.36. The Morgan fingerprint density at radius 3 is 2.50 bits per heavy atom. The van der Waals surface area contributed by atoms with Crippen molar-refractivity contribution < 1.29 is 18.3 Å². The van der Waals surface area contributed by atoms with Gasteiger partial charge < -0.3 is 15.9 Å². The summed E-state index contributed by atoms with van der Waals surface area (Å²) in [6.07, 6.45) is 0. The van der Waals surface area contributed by atoms with Crippen molar-refractivity contribution >= 4 is 17.7 Å². The zero-order chi connectivity index (χ0) is 19.3. The van der Waals surface area contributed by atoms with Crippen molar-refractivity contribution in [3.63, 3.8) is 0 Å². The zero-order valence-electron chi connectivity index (χ0n) is 14.7. The van der Waals surface area contributed by atoms with Crippen LogP contribution in [-0.4, -0.2) is 33.1 Å². The number of nitrogens with one attached hydrogen (secondary N) is 1. The second-order valence-electron chi connectivity index (χ2n) is 6.51. The molecular formula is C16H21F2N5O2S. The van der Waals surface area contributed by atoms with Crippen LogP contribution in [0.1, 0.15) is 32.2 Å². The number of hydrogen-bond donors (Lipinski definition) is 2. The molecule has 0 bridgehead atoms. The van der Waals surface area contributed by atoms with E-state index in [4.69, 9.17) is 5.84 Å². The van der Waals surface area contributed by atoms with Crippen LogP contribution >= 0.6 is 11.8 Å². The standard InChI is InChI=1S/C16H21F2N5O2S/c1-16(2,3)13-21-22-15(23(13)19)26-9-12(24)20-8-10-4-6-11(7-5-10)25-14(17)18/h4-7,14H,8-9,19H2,1-3H3,(H,20,24). The SMILES string of the molecule is CC(C)(C)c1nnc(SCC(=O)NCc2ccc(OC(F)F)cc2)n1N. The number of carbonyl (C=O) groups is 1. The third-order valence-corrected chi connectivity index (χ3v) is 4.25. The number of carbonyl (C=O) groups excluding carboxylic acids is 1. The molecule has 0 spiro atoms. The predicted molar refractivity (Wildman–Crippen MR) is 94.5 cm³/mol. The highest BCUT2D eigenvalue weighted by Gasteiger charge is 2.23. The lowest BCUT2D eigenvalue weighted by Gasteiger charge is -2.16. The molecule has 10 heteroatoms. The van der Waals surface area contributed by atoms with Gasteiger partial charge in [-0.15, -0.1) is 10.2 Å². The van der Waals surface area contributed by atoms with Crippen molar-refractivity contribution in [3.05, 3.63) is 35.7 Å².